The number of hydrogen-bond acceptors (Lipinski definition) is 2. The fourth-order valence-corrected chi connectivity index (χ4v) is 1.97. The predicted molar refractivity (Wildman–Crippen MR) is 69.2 cm³/mol. The Morgan fingerprint density at radius 2 is 2.05 bits per heavy atom. The van der Waals surface area contributed by atoms with Gasteiger partial charge in [0, 0.05) is 25.6 Å². The van der Waals surface area contributed by atoms with E-state index in [-0.39, 0.29) is 63.4 Å². The van der Waals surface area contributed by atoms with Crippen LogP contribution in [-0.4, -0.2) is 42.1 Å². The van der Waals surface area contributed by atoms with Crippen molar-refractivity contribution in [2.45, 2.75) is 12.0 Å². The van der Waals surface area contributed by atoms with Crippen molar-refractivity contribution in [3.05, 3.63) is 29.8 Å². The number of carbonyl (C=O) groups excluding carboxylic acids is 1. The van der Waals surface area contributed by atoms with Crippen LogP contribution in [0.2, 0.25) is 0 Å². The third-order valence-corrected chi connectivity index (χ3v) is 3.19. The van der Waals surface area contributed by atoms with Crippen molar-refractivity contribution in [3.8, 4) is 11.8 Å². The fourth-order valence-electron chi connectivity index (χ4n) is 1.97. The third kappa shape index (κ3) is 4.34. The zero-order valence-electron chi connectivity index (χ0n) is 11.7. The summed E-state index contributed by atoms with van der Waals surface area (Å²) in [6.07, 6.45) is 0.151. The molecule has 3 nitrogen and oxygen atoms in total. The van der Waals surface area contributed by atoms with Gasteiger partial charge in [-0.25, -0.2) is 0 Å². The van der Waals surface area contributed by atoms with Crippen LogP contribution in [0, 0.1) is 11.8 Å². The summed E-state index contributed by atoms with van der Waals surface area (Å²) in [5, 5.41) is 10.0. The number of likely N-dealkylation sites (N-methyl/N-ethyl adjacent to an activating group) is 1. The van der Waals surface area contributed by atoms with Gasteiger partial charge in [0.15, 0.2) is 0 Å². The molecule has 0 aromatic heterocycles. The van der Waals surface area contributed by atoms with Gasteiger partial charge in [0.2, 0.25) is 5.60 Å². The van der Waals surface area contributed by atoms with E-state index in [0.29, 0.717) is 6.54 Å². The minimum Gasteiger partial charge on any atom is -0.445 e. The van der Waals surface area contributed by atoms with Crippen molar-refractivity contribution in [2.24, 2.45) is 0 Å². The average Bonchev–Trinajstić information content (AvgIpc) is 2.65. The molecule has 8 heteroatoms. The Labute approximate surface area is 163 Å². The van der Waals surface area contributed by atoms with Crippen LogP contribution in [0.5, 0.6) is 0 Å². The number of hydrogen-bond donors (Lipinski definition) is 1. The van der Waals surface area contributed by atoms with E-state index < -0.39 is 23.9 Å². The zero-order chi connectivity index (χ0) is 15.0. The predicted octanol–water partition coefficient (Wildman–Crippen LogP) is -2.31. The first-order valence-electron chi connectivity index (χ1n) is 6.03. The summed E-state index contributed by atoms with van der Waals surface area (Å²) in [7, 11) is 1.54. The van der Waals surface area contributed by atoms with Crippen LogP contribution in [0.1, 0.15) is 12.0 Å². The van der Waals surface area contributed by atoms with Crippen LogP contribution in [0.3, 0.4) is 0 Å². The first-order chi connectivity index (χ1) is 9.22. The number of carbonyl (C=O) groups is 1. The molecule has 2 rings (SSSR count). The van der Waals surface area contributed by atoms with Crippen LogP contribution in [0.25, 0.3) is 0 Å². The molecule has 1 amide bonds. The smallest absolute Gasteiger partial charge is 0.445 e. The molecule has 106 valence electrons. The van der Waals surface area contributed by atoms with Crippen LogP contribution >= 0.6 is 0 Å². The molecule has 1 aromatic carbocycles. The number of nitrogens with zero attached hydrogens (tertiary/aromatic N) is 1. The van der Waals surface area contributed by atoms with E-state index in [0.717, 1.165) is 12.1 Å². The second-order valence-electron chi connectivity index (χ2n) is 4.79. The van der Waals surface area contributed by atoms with Crippen molar-refractivity contribution in [2.75, 3.05) is 13.6 Å². The van der Waals surface area contributed by atoms with Gasteiger partial charge in [-0.3, -0.25) is 4.79 Å². The van der Waals surface area contributed by atoms with Gasteiger partial charge in [0.05, 0.1) is 0 Å². The summed E-state index contributed by atoms with van der Waals surface area (Å²) < 4.78 is 37.8. The maximum Gasteiger partial charge on any atom is 1.00 e. The zero-order valence-corrected chi connectivity index (χ0v) is 14.9. The van der Waals surface area contributed by atoms with Gasteiger partial charge in [-0.2, -0.15) is 0 Å². The number of halogens is 3. The van der Waals surface area contributed by atoms with E-state index in [9.17, 15) is 22.8 Å². The second-order valence-corrected chi connectivity index (χ2v) is 4.79. The Balaban J connectivity index is 0.00000220. The van der Waals surface area contributed by atoms with E-state index >= 15 is 0 Å². The number of likely N-dealkylation sites (tertiary alicyclic amines) is 1. The monoisotopic (exact) mass is 321 g/mol. The van der Waals surface area contributed by atoms with Crippen molar-refractivity contribution in [1.82, 2.24) is 4.90 Å². The quantitative estimate of drug-likeness (QED) is 0.467. The molecule has 0 radical (unpaired) electrons. The first kappa shape index (κ1) is 18.7. The minimum absolute atomic E-state index is 0. The summed E-state index contributed by atoms with van der Waals surface area (Å²) in [6, 6.07) is 4.54. The molecule has 21 heavy (non-hydrogen) atoms. The second kappa shape index (κ2) is 6.86. The van der Waals surface area contributed by atoms with Gasteiger partial charge >= 0.3 is 58.4 Å². The van der Waals surface area contributed by atoms with Gasteiger partial charge in [0.1, 0.15) is 0 Å². The molecule has 0 unspecified atom stereocenters. The summed E-state index contributed by atoms with van der Waals surface area (Å²) in [5.74, 6) is 4.31. The SMILES string of the molecule is CN1CC[C@](O)(C#Cc2cccc([B-](F)(F)F)c2)C1=O.[K+]. The van der Waals surface area contributed by atoms with Gasteiger partial charge in [-0.15, -0.1) is 5.46 Å². The van der Waals surface area contributed by atoms with Crippen LogP contribution in [0.15, 0.2) is 24.3 Å². The van der Waals surface area contributed by atoms with Crippen LogP contribution in [-0.2, 0) is 4.79 Å². The molecular formula is C13H12BF3KNO2. The van der Waals surface area contributed by atoms with Crippen LogP contribution < -0.4 is 56.8 Å². The molecule has 1 fully saturated rings. The molecular weight excluding hydrogens is 309 g/mol. The Morgan fingerprint density at radius 1 is 1.38 bits per heavy atom. The average molecular weight is 321 g/mol. The Morgan fingerprint density at radius 3 is 2.57 bits per heavy atom. The third-order valence-electron chi connectivity index (χ3n) is 3.19. The number of amides is 1. The summed E-state index contributed by atoms with van der Waals surface area (Å²) in [4.78, 5) is 13.0. The summed E-state index contributed by atoms with van der Waals surface area (Å²) in [5.41, 5.74) is -2.43. The van der Waals surface area contributed by atoms with E-state index in [1.165, 1.54) is 24.1 Å². The molecule has 1 aliphatic rings. The largest absolute Gasteiger partial charge is 1.00 e. The van der Waals surface area contributed by atoms with E-state index in [2.05, 4.69) is 11.8 Å². The summed E-state index contributed by atoms with van der Waals surface area (Å²) in [6.45, 7) is -4.72. The number of benzene rings is 1. The molecule has 1 aromatic rings. The van der Waals surface area contributed by atoms with E-state index in [1.807, 2.05) is 0 Å². The molecule has 1 aliphatic heterocycles. The molecule has 1 heterocycles. The van der Waals surface area contributed by atoms with Gasteiger partial charge in [0.25, 0.3) is 5.91 Å². The molecule has 0 aliphatic carbocycles. The molecule has 0 spiro atoms. The maximum atomic E-state index is 12.6. The van der Waals surface area contributed by atoms with Gasteiger partial charge in [-0.1, -0.05) is 30.0 Å². The number of aliphatic hydroxyl groups is 1. The molecule has 1 saturated heterocycles. The Kier molecular flexibility index (Phi) is 6.12. The molecule has 0 saturated carbocycles. The fraction of sp³-hybridized carbons (Fsp3) is 0.308. The molecule has 1 N–H and O–H groups in total. The summed E-state index contributed by atoms with van der Waals surface area (Å²) >= 11 is 0. The topological polar surface area (TPSA) is 40.5 Å². The van der Waals surface area contributed by atoms with Crippen molar-refractivity contribution in [1.29, 1.82) is 0 Å². The molecule has 0 bridgehead atoms. The Bertz CT molecular complexity index is 611. The maximum absolute atomic E-state index is 12.6. The standard InChI is InChI=1S/C13H12BF3NO2.K/c1-18-8-7-13(20,12(18)19)6-5-10-3-2-4-11(9-10)14(15,16)17;/h2-4,9,20H,7-8H2,1H3;/q-1;+1/t13-;/m1./s1. The van der Waals surface area contributed by atoms with Gasteiger partial charge < -0.3 is 23.0 Å². The normalized spacial score (nSPS) is 21.6. The van der Waals surface area contributed by atoms with Crippen LogP contribution in [0.4, 0.5) is 12.9 Å². The van der Waals surface area contributed by atoms with Crippen molar-refractivity contribution >= 4 is 18.3 Å². The number of rotatable bonds is 1. The van der Waals surface area contributed by atoms with Crippen molar-refractivity contribution < 1.29 is 74.2 Å². The Hall–Kier alpha value is -0.299. The first-order valence-corrected chi connectivity index (χ1v) is 6.03. The molecule has 1 atom stereocenters. The van der Waals surface area contributed by atoms with Crippen molar-refractivity contribution in [3.63, 3.8) is 0 Å². The minimum atomic E-state index is -5.09. The van der Waals surface area contributed by atoms with Gasteiger partial charge in [-0.05, 0) is 6.07 Å². The van der Waals surface area contributed by atoms with E-state index in [1.54, 1.807) is 0 Å². The van der Waals surface area contributed by atoms with E-state index in [4.69, 9.17) is 0 Å².